The predicted molar refractivity (Wildman–Crippen MR) is 65.3 cm³/mol. The maximum Gasteiger partial charge on any atom is 0.463 e. The Morgan fingerprint density at radius 3 is 1.27 bits per heavy atom. The molecule has 0 spiro atoms. The molecule has 15 heavy (non-hydrogen) atoms. The first-order valence-corrected chi connectivity index (χ1v) is 7.32. The van der Waals surface area contributed by atoms with Crippen molar-refractivity contribution in [1.29, 1.82) is 0 Å². The summed E-state index contributed by atoms with van der Waals surface area (Å²) in [5, 5.41) is 0. The van der Waals surface area contributed by atoms with Crippen molar-refractivity contribution in [2.24, 2.45) is 0 Å². The van der Waals surface area contributed by atoms with Gasteiger partial charge in [-0.1, -0.05) is 0 Å². The summed E-state index contributed by atoms with van der Waals surface area (Å²) >= 11 is -0.112. The van der Waals surface area contributed by atoms with Crippen molar-refractivity contribution in [2.45, 2.75) is 0 Å². The van der Waals surface area contributed by atoms with Crippen molar-refractivity contribution in [3.63, 3.8) is 0 Å². The normalized spacial score (nSPS) is 28.1. The molecule has 2 rings (SSSR count). The summed E-state index contributed by atoms with van der Waals surface area (Å²) in [5.41, 5.74) is 0. The highest BCUT2D eigenvalue weighted by Crippen LogP contribution is 2.02. The standard InChI is InChI=1S/2C5H11N2.Al.H/c2*1-7-4-2-6-3-5-7;;/h2*2-5H2,1H3;;/q2*-1;+2;. The Morgan fingerprint density at radius 1 is 0.600 bits per heavy atom. The van der Waals surface area contributed by atoms with Crippen molar-refractivity contribution in [2.75, 3.05) is 66.5 Å². The second-order valence-electron chi connectivity index (χ2n) is 4.98. The summed E-state index contributed by atoms with van der Waals surface area (Å²) in [6.45, 7) is 10.3. The van der Waals surface area contributed by atoms with E-state index in [0.29, 0.717) is 0 Å². The number of nitrogens with zero attached hydrogens (tertiary/aromatic N) is 4. The number of piperazine rings is 2. The molecule has 86 valence electrons. The molecule has 2 saturated heterocycles. The van der Waals surface area contributed by atoms with Gasteiger partial charge in [0.1, 0.15) is 0 Å². The van der Waals surface area contributed by atoms with Gasteiger partial charge in [-0.3, -0.25) is 0 Å². The Bertz CT molecular complexity index is 166. The van der Waals surface area contributed by atoms with Gasteiger partial charge in [0.15, 0.2) is 0 Å². The van der Waals surface area contributed by atoms with Crippen LogP contribution in [0.25, 0.3) is 0 Å². The molecule has 0 amide bonds. The van der Waals surface area contributed by atoms with Crippen LogP contribution in [0, 0.1) is 0 Å². The fourth-order valence-electron chi connectivity index (χ4n) is 2.26. The number of hydrogen-bond acceptors (Lipinski definition) is 4. The molecule has 4 nitrogen and oxygen atoms in total. The second-order valence-corrected chi connectivity index (χ2v) is 7.06. The molecule has 0 N–H and O–H groups in total. The minimum absolute atomic E-state index is 0.112. The van der Waals surface area contributed by atoms with Gasteiger partial charge in [-0.25, -0.2) is 0 Å². The third kappa shape index (κ3) is 3.70. The zero-order valence-corrected chi connectivity index (χ0v) is 11.6. The zero-order valence-electron chi connectivity index (χ0n) is 10.2. The van der Waals surface area contributed by atoms with E-state index in [9.17, 15) is 0 Å². The maximum atomic E-state index is 2.73. The average molecular weight is 226 g/mol. The SMILES string of the molecule is CN1CC[N]([AlH][N]2CCN(C)CC2)CC1. The van der Waals surface area contributed by atoms with Crippen LogP contribution in [-0.4, -0.2) is 99.7 Å². The summed E-state index contributed by atoms with van der Waals surface area (Å²) in [6.07, 6.45) is 0. The van der Waals surface area contributed by atoms with E-state index in [0.717, 1.165) is 0 Å². The molecule has 2 aliphatic heterocycles. The fourth-order valence-corrected chi connectivity index (χ4v) is 3.96. The Balaban J connectivity index is 1.68. The first kappa shape index (κ1) is 11.8. The lowest BCUT2D eigenvalue weighted by Crippen LogP contribution is -2.55. The summed E-state index contributed by atoms with van der Waals surface area (Å²) < 4.78 is 5.46. The van der Waals surface area contributed by atoms with Gasteiger partial charge >= 0.3 is 15.7 Å². The second kappa shape index (κ2) is 5.63. The van der Waals surface area contributed by atoms with Crippen molar-refractivity contribution in [3.05, 3.63) is 0 Å². The van der Waals surface area contributed by atoms with E-state index in [1.165, 1.54) is 52.4 Å². The van der Waals surface area contributed by atoms with Crippen LogP contribution in [0.2, 0.25) is 0 Å². The van der Waals surface area contributed by atoms with Gasteiger partial charge in [0.2, 0.25) is 0 Å². The molecule has 0 aromatic carbocycles. The molecular weight excluding hydrogens is 203 g/mol. The molecule has 0 aromatic rings. The van der Waals surface area contributed by atoms with Crippen LogP contribution in [0.4, 0.5) is 0 Å². The quantitative estimate of drug-likeness (QED) is 0.545. The van der Waals surface area contributed by atoms with Crippen molar-refractivity contribution >= 4 is 15.7 Å². The molecule has 0 unspecified atom stereocenters. The molecule has 5 heteroatoms. The number of likely N-dealkylation sites (N-methyl/N-ethyl adjacent to an activating group) is 2. The largest absolute Gasteiger partial charge is 0.463 e. The summed E-state index contributed by atoms with van der Waals surface area (Å²) in [7, 11) is 4.46. The van der Waals surface area contributed by atoms with Crippen molar-refractivity contribution in [3.8, 4) is 0 Å². The van der Waals surface area contributed by atoms with E-state index in [2.05, 4.69) is 31.7 Å². The van der Waals surface area contributed by atoms with E-state index >= 15 is 0 Å². The molecule has 2 aliphatic rings. The van der Waals surface area contributed by atoms with Gasteiger partial charge in [0.25, 0.3) is 0 Å². The Morgan fingerprint density at radius 2 is 0.933 bits per heavy atom. The molecule has 0 aromatic heterocycles. The molecule has 0 radical (unpaired) electrons. The van der Waals surface area contributed by atoms with E-state index in [1.54, 1.807) is 0 Å². The van der Waals surface area contributed by atoms with Crippen LogP contribution in [0.15, 0.2) is 0 Å². The molecular formula is C10H23AlN4. The van der Waals surface area contributed by atoms with Gasteiger partial charge in [0.05, 0.1) is 0 Å². The predicted octanol–water partition coefficient (Wildman–Crippen LogP) is -1.25. The summed E-state index contributed by atoms with van der Waals surface area (Å²) in [4.78, 5) is 4.88. The highest BCUT2D eigenvalue weighted by atomic mass is 27.1. The van der Waals surface area contributed by atoms with Crippen LogP contribution < -0.4 is 0 Å². The average Bonchev–Trinajstić information content (AvgIpc) is 2.25. The third-order valence-electron chi connectivity index (χ3n) is 3.59. The van der Waals surface area contributed by atoms with Crippen LogP contribution in [0.3, 0.4) is 0 Å². The Hall–Kier alpha value is 0.372. The Kier molecular flexibility index (Phi) is 4.44. The van der Waals surface area contributed by atoms with Gasteiger partial charge in [-0.2, -0.15) is 0 Å². The minimum Gasteiger partial charge on any atom is -0.372 e. The first-order valence-electron chi connectivity index (χ1n) is 6.06. The summed E-state index contributed by atoms with van der Waals surface area (Å²) in [5.74, 6) is 0. The maximum absolute atomic E-state index is 2.73. The number of hydrogen-bond donors (Lipinski definition) is 0. The van der Waals surface area contributed by atoms with Gasteiger partial charge in [0, 0.05) is 26.2 Å². The molecule has 0 bridgehead atoms. The van der Waals surface area contributed by atoms with E-state index < -0.39 is 0 Å². The highest BCUT2D eigenvalue weighted by molar-refractivity contribution is 6.28. The topological polar surface area (TPSA) is 13.0 Å². The zero-order chi connectivity index (χ0) is 10.7. The van der Waals surface area contributed by atoms with Crippen molar-refractivity contribution < 1.29 is 0 Å². The highest BCUT2D eigenvalue weighted by Gasteiger charge is 2.22. The Labute approximate surface area is 99.9 Å². The molecule has 2 fully saturated rings. The first-order chi connectivity index (χ1) is 7.24. The van der Waals surface area contributed by atoms with Gasteiger partial charge in [-0.05, 0) is 40.3 Å². The van der Waals surface area contributed by atoms with Crippen LogP contribution in [-0.2, 0) is 0 Å². The fraction of sp³-hybridized carbons (Fsp3) is 1.00. The van der Waals surface area contributed by atoms with Gasteiger partial charge < -0.3 is 17.6 Å². The van der Waals surface area contributed by atoms with E-state index in [4.69, 9.17) is 0 Å². The smallest absolute Gasteiger partial charge is 0.372 e. The van der Waals surface area contributed by atoms with E-state index in [1.807, 2.05) is 0 Å². The summed E-state index contributed by atoms with van der Waals surface area (Å²) in [6, 6.07) is 0. The third-order valence-corrected chi connectivity index (χ3v) is 5.66. The lowest BCUT2D eigenvalue weighted by atomic mass is 10.4. The van der Waals surface area contributed by atoms with Crippen LogP contribution >= 0.6 is 0 Å². The lowest BCUT2D eigenvalue weighted by Gasteiger charge is -2.38. The molecule has 0 aliphatic carbocycles. The van der Waals surface area contributed by atoms with Crippen LogP contribution in [0.1, 0.15) is 0 Å². The van der Waals surface area contributed by atoms with E-state index in [-0.39, 0.29) is 15.7 Å². The minimum atomic E-state index is -0.112. The van der Waals surface area contributed by atoms with Crippen molar-refractivity contribution in [1.82, 2.24) is 17.6 Å². The van der Waals surface area contributed by atoms with Gasteiger partial charge in [-0.15, -0.1) is 0 Å². The van der Waals surface area contributed by atoms with Crippen LogP contribution in [0.5, 0.6) is 0 Å². The monoisotopic (exact) mass is 226 g/mol. The lowest BCUT2D eigenvalue weighted by molar-refractivity contribution is 0.188. The molecule has 0 atom stereocenters. The molecule has 0 saturated carbocycles. The number of rotatable bonds is 2. The molecule has 2 heterocycles.